The van der Waals surface area contributed by atoms with Gasteiger partial charge in [0.15, 0.2) is 0 Å². The molecule has 0 spiro atoms. The van der Waals surface area contributed by atoms with Gasteiger partial charge in [0.05, 0.1) is 0 Å². The van der Waals surface area contributed by atoms with Crippen LogP contribution in [0.5, 0.6) is 0 Å². The molecule has 1 aliphatic heterocycles. The Morgan fingerprint density at radius 2 is 2.00 bits per heavy atom. The quantitative estimate of drug-likeness (QED) is 0.908. The number of rotatable bonds is 2. The van der Waals surface area contributed by atoms with E-state index in [4.69, 9.17) is 0 Å². The van der Waals surface area contributed by atoms with E-state index in [0.717, 1.165) is 36.0 Å². The molecule has 1 amide bonds. The van der Waals surface area contributed by atoms with Crippen molar-refractivity contribution in [2.45, 2.75) is 51.5 Å². The predicted octanol–water partition coefficient (Wildman–Crippen LogP) is 3.23. The van der Waals surface area contributed by atoms with E-state index in [1.165, 1.54) is 32.1 Å². The van der Waals surface area contributed by atoms with Crippen LogP contribution < -0.4 is 5.32 Å². The van der Waals surface area contributed by atoms with Crippen LogP contribution in [0.25, 0.3) is 0 Å². The lowest BCUT2D eigenvalue weighted by atomic mass is 9.78. The molecule has 0 bridgehead atoms. The first-order valence-electron chi connectivity index (χ1n) is 8.16. The van der Waals surface area contributed by atoms with Gasteiger partial charge >= 0.3 is 0 Å². The minimum atomic E-state index is 0.189. The molecule has 1 aromatic heterocycles. The molecule has 0 aromatic carbocycles. The molecule has 0 radical (unpaired) electrons. The Labute approximate surface area is 126 Å². The highest BCUT2D eigenvalue weighted by molar-refractivity contribution is 5.95. The molecule has 3 rings (SSSR count). The molecule has 1 saturated carbocycles. The topological polar surface area (TPSA) is 45.2 Å². The largest absolute Gasteiger partial charge is 0.373 e. The van der Waals surface area contributed by atoms with Crippen molar-refractivity contribution in [2.75, 3.05) is 18.9 Å². The van der Waals surface area contributed by atoms with Crippen molar-refractivity contribution >= 4 is 11.7 Å². The maximum absolute atomic E-state index is 12.9. The molecular weight excluding hydrogens is 262 g/mol. The summed E-state index contributed by atoms with van der Waals surface area (Å²) in [7, 11) is 1.84. The van der Waals surface area contributed by atoms with Crippen LogP contribution in [0.4, 0.5) is 5.82 Å². The van der Waals surface area contributed by atoms with Crippen LogP contribution in [-0.4, -0.2) is 35.4 Å². The van der Waals surface area contributed by atoms with Crippen LogP contribution in [-0.2, 0) is 0 Å². The number of aryl methyl sites for hydroxylation is 1. The van der Waals surface area contributed by atoms with E-state index in [2.05, 4.69) is 15.2 Å². The first-order valence-corrected chi connectivity index (χ1v) is 8.16. The Kier molecular flexibility index (Phi) is 4.13. The Balaban J connectivity index is 1.85. The van der Waals surface area contributed by atoms with Gasteiger partial charge in [-0.3, -0.25) is 4.79 Å². The number of amides is 1. The zero-order valence-electron chi connectivity index (χ0n) is 13.1. The number of nitrogens with one attached hydrogen (secondary N) is 1. The second-order valence-electron chi connectivity index (χ2n) is 6.39. The molecule has 2 fully saturated rings. The molecule has 1 aromatic rings. The summed E-state index contributed by atoms with van der Waals surface area (Å²) in [6.07, 6.45) is 7.52. The number of carbonyl (C=O) groups is 1. The number of hydrogen-bond acceptors (Lipinski definition) is 3. The fourth-order valence-electron chi connectivity index (χ4n) is 3.96. The zero-order valence-corrected chi connectivity index (χ0v) is 13.1. The van der Waals surface area contributed by atoms with Gasteiger partial charge in [0.1, 0.15) is 5.82 Å². The fourth-order valence-corrected chi connectivity index (χ4v) is 3.96. The summed E-state index contributed by atoms with van der Waals surface area (Å²) in [4.78, 5) is 19.5. The average molecular weight is 287 g/mol. The van der Waals surface area contributed by atoms with Gasteiger partial charge in [0.2, 0.25) is 0 Å². The molecule has 2 atom stereocenters. The number of likely N-dealkylation sites (tertiary alicyclic amines) is 1. The van der Waals surface area contributed by atoms with Crippen LogP contribution in [0.15, 0.2) is 12.1 Å². The monoisotopic (exact) mass is 287 g/mol. The second-order valence-corrected chi connectivity index (χ2v) is 6.39. The Hall–Kier alpha value is -1.58. The van der Waals surface area contributed by atoms with Crippen molar-refractivity contribution in [1.29, 1.82) is 0 Å². The van der Waals surface area contributed by atoms with Crippen molar-refractivity contribution in [3.8, 4) is 0 Å². The van der Waals surface area contributed by atoms with E-state index in [0.29, 0.717) is 6.04 Å². The highest BCUT2D eigenvalue weighted by atomic mass is 16.2. The first kappa shape index (κ1) is 14.4. The van der Waals surface area contributed by atoms with Crippen LogP contribution in [0.3, 0.4) is 0 Å². The number of pyridine rings is 1. The molecule has 1 aliphatic carbocycles. The summed E-state index contributed by atoms with van der Waals surface area (Å²) in [6.45, 7) is 2.85. The maximum Gasteiger partial charge on any atom is 0.254 e. The summed E-state index contributed by atoms with van der Waals surface area (Å²) in [5.41, 5.74) is 1.67. The summed E-state index contributed by atoms with van der Waals surface area (Å²) in [5, 5.41) is 3.04. The van der Waals surface area contributed by atoms with Crippen molar-refractivity contribution in [2.24, 2.45) is 5.92 Å². The zero-order chi connectivity index (χ0) is 14.8. The van der Waals surface area contributed by atoms with Gasteiger partial charge in [-0.05, 0) is 50.7 Å². The minimum absolute atomic E-state index is 0.189. The molecule has 114 valence electrons. The molecule has 1 N–H and O–H groups in total. The van der Waals surface area contributed by atoms with E-state index in [1.807, 2.05) is 26.1 Å². The van der Waals surface area contributed by atoms with Crippen LogP contribution in [0, 0.1) is 12.8 Å². The number of hydrogen-bond donors (Lipinski definition) is 1. The highest BCUT2D eigenvalue weighted by Gasteiger charge is 2.36. The number of aromatic nitrogens is 1. The summed E-state index contributed by atoms with van der Waals surface area (Å²) in [6, 6.07) is 4.25. The Morgan fingerprint density at radius 3 is 2.81 bits per heavy atom. The van der Waals surface area contributed by atoms with Gasteiger partial charge in [-0.25, -0.2) is 4.98 Å². The number of carbonyl (C=O) groups excluding carboxylic acids is 1. The first-order chi connectivity index (χ1) is 10.2. The molecule has 2 aliphatic rings. The third kappa shape index (κ3) is 2.89. The standard InChI is InChI=1S/C17H25N3O/c1-12-10-14(11-16(18-2)19-12)17(21)20-9-5-7-13-6-3-4-8-15(13)20/h10-11,13,15H,3-9H2,1-2H3,(H,18,19)/t13-,15-/m1/s1. The number of nitrogens with zero attached hydrogens (tertiary/aromatic N) is 2. The Morgan fingerprint density at radius 1 is 1.24 bits per heavy atom. The van der Waals surface area contributed by atoms with Crippen molar-refractivity contribution in [3.63, 3.8) is 0 Å². The van der Waals surface area contributed by atoms with E-state index in [1.54, 1.807) is 0 Å². The van der Waals surface area contributed by atoms with Crippen LogP contribution in [0.2, 0.25) is 0 Å². The molecule has 0 unspecified atom stereocenters. The summed E-state index contributed by atoms with van der Waals surface area (Å²) < 4.78 is 0. The second kappa shape index (κ2) is 6.04. The van der Waals surface area contributed by atoms with E-state index in [9.17, 15) is 4.79 Å². The smallest absolute Gasteiger partial charge is 0.254 e. The van der Waals surface area contributed by atoms with E-state index < -0.39 is 0 Å². The van der Waals surface area contributed by atoms with Gasteiger partial charge in [0, 0.05) is 30.9 Å². The lowest BCUT2D eigenvalue weighted by Crippen LogP contribution is -2.49. The van der Waals surface area contributed by atoms with Crippen molar-refractivity contribution in [1.82, 2.24) is 9.88 Å². The van der Waals surface area contributed by atoms with Gasteiger partial charge in [0.25, 0.3) is 5.91 Å². The summed E-state index contributed by atoms with van der Waals surface area (Å²) in [5.74, 6) is 1.69. The lowest BCUT2D eigenvalue weighted by molar-refractivity contribution is 0.0390. The van der Waals surface area contributed by atoms with E-state index >= 15 is 0 Å². The molecule has 1 saturated heterocycles. The summed E-state index contributed by atoms with van der Waals surface area (Å²) >= 11 is 0. The number of anilines is 1. The van der Waals surface area contributed by atoms with Gasteiger partial charge < -0.3 is 10.2 Å². The molecule has 4 nitrogen and oxygen atoms in total. The van der Waals surface area contributed by atoms with Crippen molar-refractivity contribution < 1.29 is 4.79 Å². The highest BCUT2D eigenvalue weighted by Crippen LogP contribution is 2.36. The van der Waals surface area contributed by atoms with Gasteiger partial charge in [-0.2, -0.15) is 0 Å². The molecular formula is C17H25N3O. The normalized spacial score (nSPS) is 25.3. The molecule has 4 heteroatoms. The lowest BCUT2D eigenvalue weighted by Gasteiger charge is -2.44. The van der Waals surface area contributed by atoms with Gasteiger partial charge in [-0.1, -0.05) is 12.8 Å². The molecule has 2 heterocycles. The SMILES string of the molecule is CNc1cc(C(=O)N2CCC[C@H]3CCCC[C@H]32)cc(C)n1. The third-order valence-corrected chi connectivity index (χ3v) is 4.96. The van der Waals surface area contributed by atoms with Crippen LogP contribution in [0.1, 0.15) is 54.6 Å². The van der Waals surface area contributed by atoms with E-state index in [-0.39, 0.29) is 5.91 Å². The predicted molar refractivity (Wildman–Crippen MR) is 84.5 cm³/mol. The maximum atomic E-state index is 12.9. The minimum Gasteiger partial charge on any atom is -0.373 e. The number of fused-ring (bicyclic) bond motifs is 1. The van der Waals surface area contributed by atoms with Crippen molar-refractivity contribution in [3.05, 3.63) is 23.4 Å². The van der Waals surface area contributed by atoms with Gasteiger partial charge in [-0.15, -0.1) is 0 Å². The van der Waals surface area contributed by atoms with Crippen LogP contribution >= 0.6 is 0 Å². The molecule has 21 heavy (non-hydrogen) atoms. The fraction of sp³-hybridized carbons (Fsp3) is 0.647. The number of piperidine rings is 1. The average Bonchev–Trinajstić information content (AvgIpc) is 2.53. The Bertz CT molecular complexity index is 527. The third-order valence-electron chi connectivity index (χ3n) is 4.96.